The zero-order valence-corrected chi connectivity index (χ0v) is 11.5. The maximum atomic E-state index is 9.22. The van der Waals surface area contributed by atoms with Crippen LogP contribution in [0.1, 0.15) is 68.9 Å². The van der Waals surface area contributed by atoms with Crippen molar-refractivity contribution in [1.29, 1.82) is 5.26 Å². The molecule has 96 valence electrons. The summed E-state index contributed by atoms with van der Waals surface area (Å²) in [5, 5.41) is 9.22. The minimum absolute atomic E-state index is 0.0328. The molecule has 1 aliphatic rings. The fraction of sp³-hybridized carbons (Fsp3) is 0.588. The van der Waals surface area contributed by atoms with E-state index in [4.69, 9.17) is 0 Å². The highest BCUT2D eigenvalue weighted by Crippen LogP contribution is 2.33. The summed E-state index contributed by atoms with van der Waals surface area (Å²) in [6, 6.07) is 11.2. The third-order valence-electron chi connectivity index (χ3n) is 4.18. The second kappa shape index (κ2) is 6.05. The Morgan fingerprint density at radius 3 is 2.17 bits per heavy atom. The lowest BCUT2D eigenvalue weighted by molar-refractivity contribution is 0.443. The fourth-order valence-corrected chi connectivity index (χ4v) is 3.02. The molecule has 1 nitrogen and oxygen atoms in total. The van der Waals surface area contributed by atoms with Gasteiger partial charge in [-0.3, -0.25) is 0 Å². The van der Waals surface area contributed by atoms with Crippen molar-refractivity contribution < 1.29 is 0 Å². The van der Waals surface area contributed by atoms with Crippen LogP contribution >= 0.6 is 0 Å². The first-order chi connectivity index (χ1) is 8.72. The first-order valence-electron chi connectivity index (χ1n) is 7.22. The molecule has 18 heavy (non-hydrogen) atoms. The fourth-order valence-electron chi connectivity index (χ4n) is 3.02. The molecule has 1 heteroatoms. The standard InChI is InChI=1S/C17H23N/c1-13(2)17(12-18)16-10-8-15(9-11-16)14-6-4-3-5-7-14/h8-11,13-14,17H,3-7H2,1-2H3. The van der Waals surface area contributed by atoms with Gasteiger partial charge in [0.25, 0.3) is 0 Å². The summed E-state index contributed by atoms with van der Waals surface area (Å²) in [5.41, 5.74) is 2.64. The van der Waals surface area contributed by atoms with Crippen LogP contribution in [0.15, 0.2) is 24.3 Å². The molecule has 1 aliphatic carbocycles. The van der Waals surface area contributed by atoms with Crippen molar-refractivity contribution in [2.45, 2.75) is 57.8 Å². The van der Waals surface area contributed by atoms with Crippen molar-refractivity contribution in [2.24, 2.45) is 5.92 Å². The molecule has 1 unspecified atom stereocenters. The molecule has 1 saturated carbocycles. The van der Waals surface area contributed by atoms with Gasteiger partial charge in [-0.2, -0.15) is 5.26 Å². The van der Waals surface area contributed by atoms with Gasteiger partial charge >= 0.3 is 0 Å². The van der Waals surface area contributed by atoms with Crippen molar-refractivity contribution in [2.75, 3.05) is 0 Å². The van der Waals surface area contributed by atoms with Gasteiger partial charge in [0.05, 0.1) is 12.0 Å². The average molecular weight is 241 g/mol. The van der Waals surface area contributed by atoms with Gasteiger partial charge in [0.1, 0.15) is 0 Å². The van der Waals surface area contributed by atoms with E-state index < -0.39 is 0 Å². The molecule has 1 aromatic rings. The monoisotopic (exact) mass is 241 g/mol. The largest absolute Gasteiger partial charge is 0.198 e. The number of hydrogen-bond acceptors (Lipinski definition) is 1. The van der Waals surface area contributed by atoms with Gasteiger partial charge in [-0.05, 0) is 35.8 Å². The summed E-state index contributed by atoms with van der Waals surface area (Å²) in [6.07, 6.45) is 6.83. The Balaban J connectivity index is 2.12. The van der Waals surface area contributed by atoms with E-state index in [9.17, 15) is 5.26 Å². The summed E-state index contributed by atoms with van der Waals surface area (Å²) in [6.45, 7) is 4.23. The van der Waals surface area contributed by atoms with Gasteiger partial charge in [0.15, 0.2) is 0 Å². The lowest BCUT2D eigenvalue weighted by Gasteiger charge is -2.22. The highest BCUT2D eigenvalue weighted by Gasteiger charge is 2.18. The minimum atomic E-state index is 0.0328. The van der Waals surface area contributed by atoms with E-state index in [1.54, 1.807) is 0 Å². The quantitative estimate of drug-likeness (QED) is 0.730. The van der Waals surface area contributed by atoms with Crippen molar-refractivity contribution in [3.63, 3.8) is 0 Å². The van der Waals surface area contributed by atoms with Gasteiger partial charge in [-0.15, -0.1) is 0 Å². The van der Waals surface area contributed by atoms with E-state index in [-0.39, 0.29) is 5.92 Å². The van der Waals surface area contributed by atoms with Crippen molar-refractivity contribution in [1.82, 2.24) is 0 Å². The van der Waals surface area contributed by atoms with Crippen LogP contribution in [0, 0.1) is 17.2 Å². The molecule has 0 spiro atoms. The third-order valence-corrected chi connectivity index (χ3v) is 4.18. The topological polar surface area (TPSA) is 23.8 Å². The SMILES string of the molecule is CC(C)C(C#N)c1ccc(C2CCCCC2)cc1. The van der Waals surface area contributed by atoms with E-state index in [0.717, 1.165) is 5.92 Å². The van der Waals surface area contributed by atoms with Crippen molar-refractivity contribution in [3.05, 3.63) is 35.4 Å². The Hall–Kier alpha value is -1.29. The number of nitrogens with zero attached hydrogens (tertiary/aromatic N) is 1. The normalized spacial score (nSPS) is 18.6. The molecule has 0 N–H and O–H groups in total. The molecular weight excluding hydrogens is 218 g/mol. The average Bonchev–Trinajstić information content (AvgIpc) is 2.41. The van der Waals surface area contributed by atoms with E-state index in [1.807, 2.05) is 0 Å². The maximum Gasteiger partial charge on any atom is 0.0735 e. The van der Waals surface area contributed by atoms with Gasteiger partial charge in [0, 0.05) is 0 Å². The highest BCUT2D eigenvalue weighted by atomic mass is 14.3. The second-order valence-electron chi connectivity index (χ2n) is 5.85. The number of nitriles is 1. The molecule has 0 aromatic heterocycles. The first-order valence-corrected chi connectivity index (χ1v) is 7.22. The molecular formula is C17H23N. The van der Waals surface area contributed by atoms with Gasteiger partial charge in [-0.1, -0.05) is 57.4 Å². The number of rotatable bonds is 3. The van der Waals surface area contributed by atoms with E-state index in [0.29, 0.717) is 5.92 Å². The third kappa shape index (κ3) is 2.93. The molecule has 1 fully saturated rings. The van der Waals surface area contributed by atoms with Crippen LogP contribution < -0.4 is 0 Å². The van der Waals surface area contributed by atoms with Crippen LogP contribution in [0.4, 0.5) is 0 Å². The smallest absolute Gasteiger partial charge is 0.0735 e. The summed E-state index contributed by atoms with van der Waals surface area (Å²) < 4.78 is 0. The first kappa shape index (κ1) is 13.1. The second-order valence-corrected chi connectivity index (χ2v) is 5.85. The molecule has 1 atom stereocenters. The number of benzene rings is 1. The van der Waals surface area contributed by atoms with E-state index in [2.05, 4.69) is 44.2 Å². The Morgan fingerprint density at radius 2 is 1.67 bits per heavy atom. The molecule has 0 heterocycles. The van der Waals surface area contributed by atoms with Gasteiger partial charge in [0.2, 0.25) is 0 Å². The van der Waals surface area contributed by atoms with Crippen LogP contribution in [0.3, 0.4) is 0 Å². The Morgan fingerprint density at radius 1 is 1.06 bits per heavy atom. The van der Waals surface area contributed by atoms with Crippen LogP contribution in [0.5, 0.6) is 0 Å². The summed E-state index contributed by atoms with van der Waals surface area (Å²) >= 11 is 0. The highest BCUT2D eigenvalue weighted by molar-refractivity contribution is 5.31. The Bertz CT molecular complexity index is 404. The van der Waals surface area contributed by atoms with Crippen LogP contribution in [-0.4, -0.2) is 0 Å². The predicted octanol–water partition coefficient (Wildman–Crippen LogP) is 5.00. The van der Waals surface area contributed by atoms with Gasteiger partial charge < -0.3 is 0 Å². The number of hydrogen-bond donors (Lipinski definition) is 0. The Labute approximate surface area is 111 Å². The zero-order chi connectivity index (χ0) is 13.0. The van der Waals surface area contributed by atoms with E-state index >= 15 is 0 Å². The molecule has 0 saturated heterocycles. The van der Waals surface area contributed by atoms with E-state index in [1.165, 1.54) is 43.2 Å². The van der Waals surface area contributed by atoms with Crippen LogP contribution in [0.2, 0.25) is 0 Å². The molecule has 0 radical (unpaired) electrons. The summed E-state index contributed by atoms with van der Waals surface area (Å²) in [7, 11) is 0. The predicted molar refractivity (Wildman–Crippen MR) is 75.5 cm³/mol. The van der Waals surface area contributed by atoms with Gasteiger partial charge in [-0.25, -0.2) is 0 Å². The lowest BCUT2D eigenvalue weighted by atomic mass is 9.82. The summed E-state index contributed by atoms with van der Waals surface area (Å²) in [4.78, 5) is 0. The molecule has 1 aromatic carbocycles. The molecule has 2 rings (SSSR count). The van der Waals surface area contributed by atoms with Crippen LogP contribution in [0.25, 0.3) is 0 Å². The van der Waals surface area contributed by atoms with Crippen molar-refractivity contribution in [3.8, 4) is 6.07 Å². The lowest BCUT2D eigenvalue weighted by Crippen LogP contribution is -2.06. The van der Waals surface area contributed by atoms with Crippen molar-refractivity contribution >= 4 is 0 Å². The molecule has 0 bridgehead atoms. The maximum absolute atomic E-state index is 9.22. The molecule has 0 amide bonds. The zero-order valence-electron chi connectivity index (χ0n) is 11.5. The molecule has 0 aliphatic heterocycles. The van der Waals surface area contributed by atoms with Crippen LogP contribution in [-0.2, 0) is 0 Å². The summed E-state index contributed by atoms with van der Waals surface area (Å²) in [5.74, 6) is 1.17. The Kier molecular flexibility index (Phi) is 4.42. The minimum Gasteiger partial charge on any atom is -0.198 e.